The van der Waals surface area contributed by atoms with Gasteiger partial charge in [0.25, 0.3) is 0 Å². The number of hydrogen-bond acceptors (Lipinski definition) is 5. The van der Waals surface area contributed by atoms with Crippen molar-refractivity contribution in [1.82, 2.24) is 9.62 Å². The van der Waals surface area contributed by atoms with Gasteiger partial charge in [-0.1, -0.05) is 77.8 Å². The number of sulfonamides is 1. The number of aliphatic hydroxyl groups is 1. The van der Waals surface area contributed by atoms with Crippen molar-refractivity contribution in [2.24, 2.45) is 0 Å². The van der Waals surface area contributed by atoms with Gasteiger partial charge in [0.05, 0.1) is 11.1 Å². The molecular formula is C31H38Cl2N2O5S. The fourth-order valence-corrected chi connectivity index (χ4v) is 6.89. The molecule has 0 radical (unpaired) electrons. The molecule has 41 heavy (non-hydrogen) atoms. The molecule has 0 bridgehead atoms. The Morgan fingerprint density at radius 1 is 1.00 bits per heavy atom. The van der Waals surface area contributed by atoms with Crippen LogP contribution >= 0.6 is 23.2 Å². The van der Waals surface area contributed by atoms with E-state index in [1.54, 1.807) is 24.3 Å². The minimum atomic E-state index is -4.14. The molecule has 3 aromatic rings. The van der Waals surface area contributed by atoms with Crippen molar-refractivity contribution in [3.8, 4) is 11.1 Å². The molecule has 0 aliphatic carbocycles. The number of likely N-dealkylation sites (N-methyl/N-ethyl adjacent to an activating group) is 1. The van der Waals surface area contributed by atoms with Crippen molar-refractivity contribution in [3.63, 3.8) is 0 Å². The van der Waals surface area contributed by atoms with Crippen molar-refractivity contribution in [1.29, 1.82) is 0 Å². The third kappa shape index (κ3) is 9.81. The first-order valence-corrected chi connectivity index (χ1v) is 15.7. The zero-order chi connectivity index (χ0) is 30.2. The highest BCUT2D eigenvalue weighted by atomic mass is 35.5. The standard InChI is InChI=1S/C31H38Cl2N2O5S/c1-31(2,16-8-12-22-9-5-4-6-10-22)34-20-26(36)21-35(3)41(39,40)30-27(18-25(32)19-28(30)33)24-13-7-11-23(17-24)14-15-29(37)38/h4-7,9-11,13,17-19,26,34,36H,8,12,14-16,20-21H2,1-3H3,(H,37,38)/t26-/m1/s1. The van der Waals surface area contributed by atoms with Crippen LogP contribution in [0.3, 0.4) is 0 Å². The molecule has 0 heterocycles. The van der Waals surface area contributed by atoms with Crippen molar-refractivity contribution in [3.05, 3.63) is 87.9 Å². The molecular weight excluding hydrogens is 583 g/mol. The Hall–Kier alpha value is -2.46. The summed E-state index contributed by atoms with van der Waals surface area (Å²) in [5.74, 6) is -0.922. The summed E-state index contributed by atoms with van der Waals surface area (Å²) in [5, 5.41) is 23.4. The van der Waals surface area contributed by atoms with E-state index in [1.807, 2.05) is 18.2 Å². The number of carboxylic acid groups (broad SMARTS) is 1. The molecule has 0 unspecified atom stereocenters. The number of carboxylic acids is 1. The number of carbonyl (C=O) groups is 1. The van der Waals surface area contributed by atoms with Gasteiger partial charge in [0.2, 0.25) is 10.0 Å². The van der Waals surface area contributed by atoms with E-state index in [1.165, 1.54) is 24.7 Å². The number of aliphatic carboxylic acids is 1. The summed E-state index contributed by atoms with van der Waals surface area (Å²) >= 11 is 12.7. The van der Waals surface area contributed by atoms with Gasteiger partial charge in [0.1, 0.15) is 4.90 Å². The molecule has 0 aliphatic rings. The fourth-order valence-electron chi connectivity index (χ4n) is 4.66. The number of rotatable bonds is 15. The molecule has 0 amide bonds. The van der Waals surface area contributed by atoms with Gasteiger partial charge in [-0.2, -0.15) is 4.31 Å². The monoisotopic (exact) mass is 620 g/mol. The topological polar surface area (TPSA) is 107 Å². The van der Waals surface area contributed by atoms with Gasteiger partial charge >= 0.3 is 5.97 Å². The van der Waals surface area contributed by atoms with E-state index >= 15 is 0 Å². The highest BCUT2D eigenvalue weighted by Gasteiger charge is 2.30. The summed E-state index contributed by atoms with van der Waals surface area (Å²) in [5.41, 5.74) is 2.63. The van der Waals surface area contributed by atoms with Crippen LogP contribution in [0.1, 0.15) is 44.2 Å². The number of hydrogen-bond donors (Lipinski definition) is 3. The molecule has 0 aliphatic heterocycles. The summed E-state index contributed by atoms with van der Waals surface area (Å²) in [4.78, 5) is 10.9. The number of β-amino-alcohol motifs (C(OH)–C–C–N with tert-alkyl or cyclic N) is 1. The largest absolute Gasteiger partial charge is 0.481 e. The second-order valence-electron chi connectivity index (χ2n) is 10.9. The highest BCUT2D eigenvalue weighted by Crippen LogP contribution is 2.38. The van der Waals surface area contributed by atoms with Gasteiger partial charge in [-0.25, -0.2) is 8.42 Å². The van der Waals surface area contributed by atoms with E-state index in [9.17, 15) is 18.3 Å². The lowest BCUT2D eigenvalue weighted by molar-refractivity contribution is -0.136. The van der Waals surface area contributed by atoms with E-state index in [0.29, 0.717) is 17.5 Å². The molecule has 3 rings (SSSR count). The molecule has 0 spiro atoms. The predicted molar refractivity (Wildman–Crippen MR) is 165 cm³/mol. The van der Waals surface area contributed by atoms with Crippen LogP contribution in [-0.2, 0) is 27.7 Å². The van der Waals surface area contributed by atoms with Gasteiger partial charge in [0.15, 0.2) is 0 Å². The summed E-state index contributed by atoms with van der Waals surface area (Å²) < 4.78 is 28.6. The number of nitrogens with one attached hydrogen (secondary N) is 1. The van der Waals surface area contributed by atoms with E-state index in [0.717, 1.165) is 29.1 Å². The first-order chi connectivity index (χ1) is 19.3. The number of halogens is 2. The average Bonchev–Trinajstić information content (AvgIpc) is 2.91. The average molecular weight is 622 g/mol. The van der Waals surface area contributed by atoms with Gasteiger partial charge in [0, 0.05) is 42.7 Å². The Morgan fingerprint density at radius 2 is 1.68 bits per heavy atom. The lowest BCUT2D eigenvalue weighted by atomic mass is 9.95. The molecule has 1 atom stereocenters. The molecule has 3 N–H and O–H groups in total. The minimum absolute atomic E-state index is 0.0394. The Bertz CT molecular complexity index is 1430. The fraction of sp³-hybridized carbons (Fsp3) is 0.387. The van der Waals surface area contributed by atoms with Crippen LogP contribution in [0.25, 0.3) is 11.1 Å². The third-order valence-corrected chi connectivity index (χ3v) is 9.49. The molecule has 0 fully saturated rings. The Morgan fingerprint density at radius 3 is 2.37 bits per heavy atom. The number of benzene rings is 3. The summed E-state index contributed by atoms with van der Waals surface area (Å²) in [6, 6.07) is 20.1. The summed E-state index contributed by atoms with van der Waals surface area (Å²) in [6.07, 6.45) is 2.10. The van der Waals surface area contributed by atoms with Crippen LogP contribution in [-0.4, -0.2) is 60.7 Å². The van der Waals surface area contributed by atoms with Crippen LogP contribution in [0.5, 0.6) is 0 Å². The van der Waals surface area contributed by atoms with Crippen LogP contribution in [0.4, 0.5) is 0 Å². The van der Waals surface area contributed by atoms with Crippen molar-refractivity contribution in [2.75, 3.05) is 20.1 Å². The molecule has 10 heteroatoms. The first kappa shape index (κ1) is 33.0. The smallest absolute Gasteiger partial charge is 0.303 e. The van der Waals surface area contributed by atoms with Gasteiger partial charge in [-0.15, -0.1) is 0 Å². The Balaban J connectivity index is 1.70. The number of aliphatic hydroxyl groups excluding tert-OH is 1. The number of aryl methyl sites for hydroxylation is 2. The maximum Gasteiger partial charge on any atom is 0.303 e. The quantitative estimate of drug-likeness (QED) is 0.191. The molecule has 0 aromatic heterocycles. The van der Waals surface area contributed by atoms with Crippen LogP contribution in [0.2, 0.25) is 10.0 Å². The second-order valence-corrected chi connectivity index (χ2v) is 13.7. The van der Waals surface area contributed by atoms with Crippen LogP contribution < -0.4 is 5.32 Å². The third-order valence-electron chi connectivity index (χ3n) is 6.94. The zero-order valence-electron chi connectivity index (χ0n) is 23.6. The molecule has 0 saturated carbocycles. The first-order valence-electron chi connectivity index (χ1n) is 13.5. The highest BCUT2D eigenvalue weighted by molar-refractivity contribution is 7.89. The molecule has 7 nitrogen and oxygen atoms in total. The number of nitrogens with zero attached hydrogens (tertiary/aromatic N) is 1. The Labute approximate surface area is 253 Å². The van der Waals surface area contributed by atoms with Crippen molar-refractivity contribution < 1.29 is 23.4 Å². The van der Waals surface area contributed by atoms with Crippen LogP contribution in [0, 0.1) is 0 Å². The lowest BCUT2D eigenvalue weighted by Gasteiger charge is -2.29. The molecule has 3 aromatic carbocycles. The maximum atomic E-state index is 13.8. The van der Waals surface area contributed by atoms with E-state index in [4.69, 9.17) is 28.3 Å². The molecule has 0 saturated heterocycles. The van der Waals surface area contributed by atoms with E-state index in [2.05, 4.69) is 31.3 Å². The predicted octanol–water partition coefficient (Wildman–Crippen LogP) is 6.05. The van der Waals surface area contributed by atoms with Gasteiger partial charge < -0.3 is 15.5 Å². The Kier molecular flexibility index (Phi) is 11.8. The maximum absolute atomic E-state index is 13.8. The second kappa shape index (κ2) is 14.6. The lowest BCUT2D eigenvalue weighted by Crippen LogP contribution is -2.46. The zero-order valence-corrected chi connectivity index (χ0v) is 25.9. The van der Waals surface area contributed by atoms with Crippen LogP contribution in [0.15, 0.2) is 71.6 Å². The molecule has 222 valence electrons. The van der Waals surface area contributed by atoms with E-state index in [-0.39, 0.29) is 40.0 Å². The van der Waals surface area contributed by atoms with Crippen molar-refractivity contribution >= 4 is 39.2 Å². The SMILES string of the molecule is CN(C[C@H](O)CNC(C)(C)CCCc1ccccc1)S(=O)(=O)c1c(Cl)cc(Cl)cc1-c1cccc(CCC(=O)O)c1. The summed E-state index contributed by atoms with van der Waals surface area (Å²) in [7, 11) is -2.73. The van der Waals surface area contributed by atoms with E-state index < -0.39 is 22.1 Å². The minimum Gasteiger partial charge on any atom is -0.481 e. The normalized spacial score (nSPS) is 13.0. The van der Waals surface area contributed by atoms with Gasteiger partial charge in [-0.3, -0.25) is 4.79 Å². The summed E-state index contributed by atoms with van der Waals surface area (Å²) in [6.45, 7) is 4.20. The van der Waals surface area contributed by atoms with Crippen molar-refractivity contribution in [2.45, 2.75) is 62.5 Å². The van der Waals surface area contributed by atoms with Gasteiger partial charge in [-0.05, 0) is 68.4 Å².